The number of nitrogens with zero attached hydrogens (tertiary/aromatic N) is 3. The van der Waals surface area contributed by atoms with Crippen molar-refractivity contribution in [3.05, 3.63) is 112 Å². The van der Waals surface area contributed by atoms with Crippen molar-refractivity contribution in [3.8, 4) is 5.75 Å². The fourth-order valence-corrected chi connectivity index (χ4v) is 5.44. The molecule has 2 N–H and O–H groups in total. The smallest absolute Gasteiger partial charge is 0.163 e. The van der Waals surface area contributed by atoms with Gasteiger partial charge < -0.3 is 15.4 Å². The van der Waals surface area contributed by atoms with Gasteiger partial charge in [0.25, 0.3) is 0 Å². The number of carbonyl (C=O) groups excluding carboxylic acids is 1. The van der Waals surface area contributed by atoms with Gasteiger partial charge in [-0.2, -0.15) is 0 Å². The maximum absolute atomic E-state index is 13.4. The minimum atomic E-state index is -0.249. The molecule has 2 heterocycles. The number of rotatable bonds is 6. The summed E-state index contributed by atoms with van der Waals surface area (Å²) in [5, 5.41) is 16.3. The summed E-state index contributed by atoms with van der Waals surface area (Å²) in [5.41, 5.74) is 6.54. The van der Waals surface area contributed by atoms with Gasteiger partial charge in [0.15, 0.2) is 5.78 Å². The van der Waals surface area contributed by atoms with Gasteiger partial charge in [-0.1, -0.05) is 67.1 Å². The molecule has 8 heteroatoms. The van der Waals surface area contributed by atoms with Gasteiger partial charge in [0.2, 0.25) is 0 Å². The highest BCUT2D eigenvalue weighted by Crippen LogP contribution is 2.45. The van der Waals surface area contributed by atoms with Crippen molar-refractivity contribution in [1.82, 2.24) is 15.0 Å². The lowest BCUT2D eigenvalue weighted by molar-refractivity contribution is -0.118. The second kappa shape index (κ2) is 10.2. The second-order valence-corrected chi connectivity index (χ2v) is 11.4. The second-order valence-electron chi connectivity index (χ2n) is 11.0. The maximum Gasteiger partial charge on any atom is 0.163 e. The number of allylic oxidation sites excluding steroid dienone is 1. The number of para-hydroxylation sites is 2. The summed E-state index contributed by atoms with van der Waals surface area (Å²) in [4.78, 5) is 13.4. The topological polar surface area (TPSA) is 81.1 Å². The summed E-state index contributed by atoms with van der Waals surface area (Å²) in [7, 11) is 0. The Balaban J connectivity index is 1.18. The van der Waals surface area contributed by atoms with Crippen LogP contribution in [0.4, 0.5) is 11.4 Å². The lowest BCUT2D eigenvalue weighted by Gasteiger charge is -2.34. The summed E-state index contributed by atoms with van der Waals surface area (Å²) in [6, 6.07) is 23.5. The Kier molecular flexibility index (Phi) is 6.61. The molecule has 198 valence electrons. The van der Waals surface area contributed by atoms with Crippen LogP contribution in [-0.2, 0) is 17.9 Å². The Hall–Kier alpha value is -4.10. The van der Waals surface area contributed by atoms with Gasteiger partial charge in [-0.05, 0) is 59.4 Å². The van der Waals surface area contributed by atoms with Gasteiger partial charge in [0, 0.05) is 22.7 Å². The fraction of sp³-hybridized carbons (Fsp3) is 0.258. The van der Waals surface area contributed by atoms with E-state index in [2.05, 4.69) is 34.8 Å². The molecule has 0 fully saturated rings. The predicted octanol–water partition coefficient (Wildman–Crippen LogP) is 6.78. The Bertz CT molecular complexity index is 1540. The molecule has 0 bridgehead atoms. The Morgan fingerprint density at radius 3 is 2.51 bits per heavy atom. The summed E-state index contributed by atoms with van der Waals surface area (Å²) in [6.07, 6.45) is 3.23. The molecular weight excluding hydrogens is 510 g/mol. The lowest BCUT2D eigenvalue weighted by Crippen LogP contribution is -2.31. The van der Waals surface area contributed by atoms with E-state index in [9.17, 15) is 4.79 Å². The van der Waals surface area contributed by atoms with Crippen molar-refractivity contribution in [3.63, 3.8) is 0 Å². The molecule has 0 saturated carbocycles. The number of carbonyl (C=O) groups is 1. The molecule has 3 aromatic carbocycles. The van der Waals surface area contributed by atoms with E-state index in [4.69, 9.17) is 16.3 Å². The van der Waals surface area contributed by atoms with Crippen molar-refractivity contribution >= 4 is 28.8 Å². The number of benzene rings is 3. The Morgan fingerprint density at radius 1 is 1.00 bits per heavy atom. The van der Waals surface area contributed by atoms with Crippen molar-refractivity contribution in [2.75, 3.05) is 10.6 Å². The number of hydrogen-bond acceptors (Lipinski definition) is 6. The third-order valence-electron chi connectivity index (χ3n) is 7.17. The molecule has 4 aromatic rings. The van der Waals surface area contributed by atoms with Crippen LogP contribution in [0, 0.1) is 5.41 Å². The Labute approximate surface area is 232 Å². The van der Waals surface area contributed by atoms with Crippen molar-refractivity contribution in [2.45, 2.75) is 45.9 Å². The van der Waals surface area contributed by atoms with Crippen LogP contribution in [0.3, 0.4) is 0 Å². The number of ketones is 1. The van der Waals surface area contributed by atoms with Crippen molar-refractivity contribution in [2.24, 2.45) is 5.41 Å². The molecule has 39 heavy (non-hydrogen) atoms. The van der Waals surface area contributed by atoms with Crippen LogP contribution in [0.2, 0.25) is 5.02 Å². The molecule has 6 rings (SSSR count). The first-order valence-corrected chi connectivity index (χ1v) is 13.5. The first-order chi connectivity index (χ1) is 18.8. The highest BCUT2D eigenvalue weighted by molar-refractivity contribution is 6.30. The Morgan fingerprint density at radius 2 is 1.74 bits per heavy atom. The predicted molar refractivity (Wildman–Crippen MR) is 153 cm³/mol. The number of halogens is 1. The molecule has 0 spiro atoms. The number of anilines is 2. The first-order valence-electron chi connectivity index (χ1n) is 13.1. The maximum atomic E-state index is 13.4. The zero-order valence-corrected chi connectivity index (χ0v) is 22.7. The van der Waals surface area contributed by atoms with E-state index in [0.717, 1.165) is 51.6 Å². The van der Waals surface area contributed by atoms with Gasteiger partial charge in [-0.15, -0.1) is 5.10 Å². The van der Waals surface area contributed by atoms with Crippen LogP contribution in [-0.4, -0.2) is 20.8 Å². The minimum absolute atomic E-state index is 0.0822. The molecule has 7 nitrogen and oxygen atoms in total. The highest BCUT2D eigenvalue weighted by Gasteiger charge is 2.38. The summed E-state index contributed by atoms with van der Waals surface area (Å²) < 4.78 is 7.78. The van der Waals surface area contributed by atoms with Gasteiger partial charge in [0.1, 0.15) is 18.1 Å². The SMILES string of the molecule is CC1(C)CC(=O)C2=C(C1)Nc1ccccc1NC2c1ccc(OCc2cn(Cc3ccc(Cl)cc3)nn2)cc1. The van der Waals surface area contributed by atoms with E-state index in [1.54, 1.807) is 4.68 Å². The third-order valence-corrected chi connectivity index (χ3v) is 7.42. The summed E-state index contributed by atoms with van der Waals surface area (Å²) in [6.45, 7) is 5.22. The quantitative estimate of drug-likeness (QED) is 0.281. The zero-order valence-electron chi connectivity index (χ0n) is 21.9. The van der Waals surface area contributed by atoms with Crippen LogP contribution in [0.15, 0.2) is 90.3 Å². The number of nitrogens with one attached hydrogen (secondary N) is 2. The molecule has 0 saturated heterocycles. The normalized spacial score (nSPS) is 17.9. The monoisotopic (exact) mass is 539 g/mol. The molecule has 1 aliphatic carbocycles. The molecule has 1 aromatic heterocycles. The van der Waals surface area contributed by atoms with E-state index in [-0.39, 0.29) is 17.2 Å². The van der Waals surface area contributed by atoms with E-state index in [0.29, 0.717) is 24.6 Å². The molecule has 1 atom stereocenters. The average Bonchev–Trinajstić information content (AvgIpc) is 3.28. The molecule has 1 aliphatic heterocycles. The molecular formula is C31H30ClN5O2. The van der Waals surface area contributed by atoms with Crippen LogP contribution in [0.5, 0.6) is 5.75 Å². The van der Waals surface area contributed by atoms with Crippen LogP contribution >= 0.6 is 11.6 Å². The lowest BCUT2D eigenvalue weighted by atomic mass is 9.73. The third kappa shape index (κ3) is 5.54. The van der Waals surface area contributed by atoms with Crippen molar-refractivity contribution < 1.29 is 9.53 Å². The van der Waals surface area contributed by atoms with E-state index in [1.807, 2.05) is 79.0 Å². The zero-order chi connectivity index (χ0) is 27.0. The highest BCUT2D eigenvalue weighted by atomic mass is 35.5. The summed E-state index contributed by atoms with van der Waals surface area (Å²) in [5.74, 6) is 0.907. The van der Waals surface area contributed by atoms with E-state index >= 15 is 0 Å². The number of hydrogen-bond donors (Lipinski definition) is 2. The molecule has 1 unspecified atom stereocenters. The average molecular weight is 540 g/mol. The van der Waals surface area contributed by atoms with Gasteiger partial charge >= 0.3 is 0 Å². The number of Topliss-reactive ketones (excluding diaryl/α,β-unsaturated/α-hetero) is 1. The standard InChI is InChI=1S/C31H30ClN5O2/c1-31(2)15-27-29(28(38)16-31)30(34-26-6-4-3-5-25(26)33-27)21-9-13-24(14-10-21)39-19-23-18-37(36-35-23)17-20-7-11-22(32)12-8-20/h3-14,18,30,33-34H,15-17,19H2,1-2H3. The van der Waals surface area contributed by atoms with Crippen LogP contribution < -0.4 is 15.4 Å². The van der Waals surface area contributed by atoms with Gasteiger partial charge in [-0.3, -0.25) is 4.79 Å². The number of ether oxygens (including phenoxy) is 1. The first kappa shape index (κ1) is 25.2. The largest absolute Gasteiger partial charge is 0.487 e. The summed E-state index contributed by atoms with van der Waals surface area (Å²) >= 11 is 5.97. The molecule has 0 amide bonds. The van der Waals surface area contributed by atoms with Crippen LogP contribution in [0.25, 0.3) is 0 Å². The fourth-order valence-electron chi connectivity index (χ4n) is 5.31. The van der Waals surface area contributed by atoms with Crippen molar-refractivity contribution in [1.29, 1.82) is 0 Å². The minimum Gasteiger partial charge on any atom is -0.487 e. The van der Waals surface area contributed by atoms with Gasteiger partial charge in [0.05, 0.1) is 30.2 Å². The number of fused-ring (bicyclic) bond motifs is 1. The van der Waals surface area contributed by atoms with E-state index < -0.39 is 0 Å². The van der Waals surface area contributed by atoms with Crippen LogP contribution in [0.1, 0.15) is 49.6 Å². The number of aromatic nitrogens is 3. The molecule has 2 aliphatic rings. The molecule has 0 radical (unpaired) electrons. The van der Waals surface area contributed by atoms with Gasteiger partial charge in [-0.25, -0.2) is 4.68 Å². The van der Waals surface area contributed by atoms with E-state index in [1.165, 1.54) is 0 Å².